The fourth-order valence-electron chi connectivity index (χ4n) is 1.85. The summed E-state index contributed by atoms with van der Waals surface area (Å²) in [5.41, 5.74) is 6.89. The summed E-state index contributed by atoms with van der Waals surface area (Å²) in [7, 11) is 1.63. The Bertz CT molecular complexity index is 423. The number of halogens is 1. The van der Waals surface area contributed by atoms with E-state index in [1.54, 1.807) is 30.2 Å². The number of benzene rings is 1. The van der Waals surface area contributed by atoms with E-state index in [1.807, 2.05) is 13.8 Å². The van der Waals surface area contributed by atoms with Crippen molar-refractivity contribution in [1.29, 1.82) is 0 Å². The van der Waals surface area contributed by atoms with Gasteiger partial charge in [-0.25, -0.2) is 0 Å². The number of hydrogen-bond acceptors (Lipinski definition) is 3. The molecule has 0 heterocycles. The van der Waals surface area contributed by atoms with Gasteiger partial charge in [-0.3, -0.25) is 4.79 Å². The molecule has 2 N–H and O–H groups in total. The molecule has 0 radical (unpaired) electrons. The molecule has 4 nitrogen and oxygen atoms in total. The lowest BCUT2D eigenvalue weighted by Gasteiger charge is -2.28. The van der Waals surface area contributed by atoms with E-state index in [0.29, 0.717) is 24.4 Å². The SMILES string of the molecule is CCN(C(=O)c1cc(N)ccc1Br)C(C)COC. The van der Waals surface area contributed by atoms with Crippen LogP contribution in [0.5, 0.6) is 0 Å². The van der Waals surface area contributed by atoms with E-state index in [9.17, 15) is 4.79 Å². The molecule has 18 heavy (non-hydrogen) atoms. The molecule has 1 aromatic carbocycles. The maximum absolute atomic E-state index is 12.5. The first-order valence-electron chi connectivity index (χ1n) is 5.86. The highest BCUT2D eigenvalue weighted by molar-refractivity contribution is 9.10. The Kier molecular flexibility index (Phi) is 5.62. The van der Waals surface area contributed by atoms with Crippen LogP contribution in [-0.2, 0) is 4.74 Å². The van der Waals surface area contributed by atoms with Crippen LogP contribution in [0.3, 0.4) is 0 Å². The smallest absolute Gasteiger partial charge is 0.255 e. The number of amides is 1. The highest BCUT2D eigenvalue weighted by atomic mass is 79.9. The standard InChI is InChI=1S/C13H19BrN2O2/c1-4-16(9(2)8-18-3)13(17)11-7-10(15)5-6-12(11)14/h5-7,9H,4,8,15H2,1-3H3. The van der Waals surface area contributed by atoms with Crippen LogP contribution >= 0.6 is 15.9 Å². The molecule has 5 heteroatoms. The molecule has 0 bridgehead atoms. The second kappa shape index (κ2) is 6.75. The van der Waals surface area contributed by atoms with E-state index < -0.39 is 0 Å². The Labute approximate surface area is 116 Å². The number of nitrogen functional groups attached to an aromatic ring is 1. The summed E-state index contributed by atoms with van der Waals surface area (Å²) in [5.74, 6) is -0.0405. The minimum absolute atomic E-state index is 0.0285. The normalized spacial score (nSPS) is 12.2. The fourth-order valence-corrected chi connectivity index (χ4v) is 2.26. The van der Waals surface area contributed by atoms with Gasteiger partial charge in [0.1, 0.15) is 0 Å². The van der Waals surface area contributed by atoms with Gasteiger partial charge in [0, 0.05) is 23.8 Å². The number of anilines is 1. The minimum Gasteiger partial charge on any atom is -0.399 e. The zero-order chi connectivity index (χ0) is 13.7. The van der Waals surface area contributed by atoms with Crippen molar-refractivity contribution in [3.8, 4) is 0 Å². The molecule has 1 unspecified atom stereocenters. The van der Waals surface area contributed by atoms with Gasteiger partial charge in [0.15, 0.2) is 0 Å². The molecule has 0 spiro atoms. The van der Waals surface area contributed by atoms with Crippen molar-refractivity contribution in [1.82, 2.24) is 4.90 Å². The molecule has 0 aliphatic carbocycles. The van der Waals surface area contributed by atoms with E-state index in [-0.39, 0.29) is 11.9 Å². The number of methoxy groups -OCH3 is 1. The van der Waals surface area contributed by atoms with Crippen LogP contribution in [0.1, 0.15) is 24.2 Å². The molecule has 0 saturated heterocycles. The van der Waals surface area contributed by atoms with Gasteiger partial charge in [0.2, 0.25) is 0 Å². The Morgan fingerprint density at radius 2 is 2.22 bits per heavy atom. The summed E-state index contributed by atoms with van der Waals surface area (Å²) in [4.78, 5) is 14.2. The fraction of sp³-hybridized carbons (Fsp3) is 0.462. The zero-order valence-electron chi connectivity index (χ0n) is 10.9. The Balaban J connectivity index is 2.99. The molecule has 0 aromatic heterocycles. The van der Waals surface area contributed by atoms with Crippen molar-refractivity contribution in [2.75, 3.05) is 26.0 Å². The summed E-state index contributed by atoms with van der Waals surface area (Å²) in [5, 5.41) is 0. The first-order chi connectivity index (χ1) is 8.51. The van der Waals surface area contributed by atoms with Gasteiger partial charge in [-0.1, -0.05) is 0 Å². The Morgan fingerprint density at radius 3 is 2.78 bits per heavy atom. The Hall–Kier alpha value is -1.07. The average molecular weight is 315 g/mol. The summed E-state index contributed by atoms with van der Waals surface area (Å²) < 4.78 is 5.85. The molecule has 1 amide bonds. The first kappa shape index (κ1) is 15.0. The molecular formula is C13H19BrN2O2. The second-order valence-corrected chi connectivity index (χ2v) is 4.99. The van der Waals surface area contributed by atoms with E-state index in [0.717, 1.165) is 4.47 Å². The van der Waals surface area contributed by atoms with Crippen LogP contribution in [0.15, 0.2) is 22.7 Å². The van der Waals surface area contributed by atoms with Crippen LogP contribution in [0.25, 0.3) is 0 Å². The van der Waals surface area contributed by atoms with Crippen molar-refractivity contribution >= 4 is 27.5 Å². The lowest BCUT2D eigenvalue weighted by atomic mass is 10.1. The number of nitrogens with two attached hydrogens (primary N) is 1. The van der Waals surface area contributed by atoms with E-state index >= 15 is 0 Å². The minimum atomic E-state index is -0.0405. The number of nitrogens with zero attached hydrogens (tertiary/aromatic N) is 1. The average Bonchev–Trinajstić information content (AvgIpc) is 2.33. The van der Waals surface area contributed by atoms with Gasteiger partial charge >= 0.3 is 0 Å². The van der Waals surface area contributed by atoms with Crippen molar-refractivity contribution in [3.63, 3.8) is 0 Å². The summed E-state index contributed by atoms with van der Waals surface area (Å²) >= 11 is 3.38. The molecule has 0 saturated carbocycles. The number of likely N-dealkylation sites (N-methyl/N-ethyl adjacent to an activating group) is 1. The lowest BCUT2D eigenvalue weighted by Crippen LogP contribution is -2.41. The van der Waals surface area contributed by atoms with Crippen LogP contribution in [0.2, 0.25) is 0 Å². The monoisotopic (exact) mass is 314 g/mol. The van der Waals surface area contributed by atoms with Crippen molar-refractivity contribution in [2.45, 2.75) is 19.9 Å². The Morgan fingerprint density at radius 1 is 1.56 bits per heavy atom. The zero-order valence-corrected chi connectivity index (χ0v) is 12.5. The molecule has 0 aliphatic rings. The molecular weight excluding hydrogens is 296 g/mol. The second-order valence-electron chi connectivity index (χ2n) is 4.13. The molecule has 100 valence electrons. The first-order valence-corrected chi connectivity index (χ1v) is 6.65. The molecule has 1 rings (SSSR count). The van der Waals surface area contributed by atoms with Gasteiger partial charge in [-0.15, -0.1) is 0 Å². The lowest BCUT2D eigenvalue weighted by molar-refractivity contribution is 0.0578. The summed E-state index contributed by atoms with van der Waals surface area (Å²) in [6, 6.07) is 5.27. The van der Waals surface area contributed by atoms with Crippen molar-refractivity contribution in [2.24, 2.45) is 0 Å². The number of ether oxygens (including phenoxy) is 1. The van der Waals surface area contributed by atoms with Gasteiger partial charge in [-0.05, 0) is 48.0 Å². The molecule has 0 aliphatic heterocycles. The van der Waals surface area contributed by atoms with Crippen LogP contribution in [0.4, 0.5) is 5.69 Å². The third-order valence-corrected chi connectivity index (χ3v) is 3.45. The summed E-state index contributed by atoms with van der Waals surface area (Å²) in [6.45, 7) is 5.06. The topological polar surface area (TPSA) is 55.6 Å². The summed E-state index contributed by atoms with van der Waals surface area (Å²) in [6.07, 6.45) is 0. The quantitative estimate of drug-likeness (QED) is 0.850. The molecule has 0 fully saturated rings. The van der Waals surface area contributed by atoms with Gasteiger partial charge in [0.25, 0.3) is 5.91 Å². The van der Waals surface area contributed by atoms with Gasteiger partial charge < -0.3 is 15.4 Å². The largest absolute Gasteiger partial charge is 0.399 e. The third kappa shape index (κ3) is 3.46. The maximum atomic E-state index is 12.5. The molecule has 1 aromatic rings. The number of hydrogen-bond donors (Lipinski definition) is 1. The number of carbonyl (C=O) groups excluding carboxylic acids is 1. The highest BCUT2D eigenvalue weighted by Crippen LogP contribution is 2.22. The van der Waals surface area contributed by atoms with Crippen LogP contribution < -0.4 is 5.73 Å². The third-order valence-electron chi connectivity index (χ3n) is 2.76. The predicted molar refractivity (Wildman–Crippen MR) is 76.6 cm³/mol. The van der Waals surface area contributed by atoms with Crippen LogP contribution in [0, 0.1) is 0 Å². The van der Waals surface area contributed by atoms with Gasteiger partial charge in [0.05, 0.1) is 18.2 Å². The van der Waals surface area contributed by atoms with E-state index in [2.05, 4.69) is 15.9 Å². The maximum Gasteiger partial charge on any atom is 0.255 e. The van der Waals surface area contributed by atoms with Crippen molar-refractivity contribution < 1.29 is 9.53 Å². The van der Waals surface area contributed by atoms with E-state index in [4.69, 9.17) is 10.5 Å². The number of rotatable bonds is 5. The highest BCUT2D eigenvalue weighted by Gasteiger charge is 2.21. The molecule has 1 atom stereocenters. The van der Waals surface area contributed by atoms with E-state index in [1.165, 1.54) is 0 Å². The predicted octanol–water partition coefficient (Wildman–Crippen LogP) is 2.53. The van der Waals surface area contributed by atoms with Gasteiger partial charge in [-0.2, -0.15) is 0 Å². The van der Waals surface area contributed by atoms with Crippen LogP contribution in [-0.4, -0.2) is 37.1 Å². The van der Waals surface area contributed by atoms with Crippen molar-refractivity contribution in [3.05, 3.63) is 28.2 Å². The number of carbonyl (C=O) groups is 1.